The van der Waals surface area contributed by atoms with Crippen molar-refractivity contribution in [2.45, 2.75) is 46.0 Å². The second-order valence-electron chi connectivity index (χ2n) is 6.07. The number of aromatic nitrogens is 1. The van der Waals surface area contributed by atoms with Crippen LogP contribution in [0, 0.1) is 5.41 Å². The van der Waals surface area contributed by atoms with Gasteiger partial charge in [0.25, 0.3) is 0 Å². The first-order valence-corrected chi connectivity index (χ1v) is 9.27. The molecule has 0 radical (unpaired) electrons. The molecule has 0 aliphatic rings. The fourth-order valence-electron chi connectivity index (χ4n) is 2.72. The van der Waals surface area contributed by atoms with Crippen LogP contribution in [0.1, 0.15) is 57.1 Å². The van der Waals surface area contributed by atoms with Gasteiger partial charge in [0.05, 0.1) is 12.3 Å². The second kappa shape index (κ2) is 10.5. The predicted octanol–water partition coefficient (Wildman–Crippen LogP) is 5.28. The summed E-state index contributed by atoms with van der Waals surface area (Å²) in [7, 11) is 0. The first kappa shape index (κ1) is 19.0. The number of anilines is 1. The smallest absolute Gasteiger partial charge is 0.135 e. The van der Waals surface area contributed by atoms with Gasteiger partial charge in [0.2, 0.25) is 0 Å². The molecule has 1 heterocycles. The topological polar surface area (TPSA) is 58.0 Å². The van der Waals surface area contributed by atoms with Gasteiger partial charge in [0.15, 0.2) is 0 Å². The highest BCUT2D eigenvalue weighted by Gasteiger charge is 2.11. The van der Waals surface area contributed by atoms with Gasteiger partial charge in [-0.25, -0.2) is 4.98 Å². The van der Waals surface area contributed by atoms with Gasteiger partial charge in [0.1, 0.15) is 11.6 Å². The van der Waals surface area contributed by atoms with E-state index in [-0.39, 0.29) is 0 Å². The zero-order valence-corrected chi connectivity index (χ0v) is 15.3. The Bertz CT molecular complexity index is 652. The standard InChI is InChI=1S/C21H29N3O/c1-3-5-6-7-8-15-23-21-19(10-9-16-24-21)20(22)17-11-13-18(14-12-17)25-4-2/h9-14,16,22H,3-8,15H2,1-2H3,(H,23,24). The Morgan fingerprint density at radius 3 is 2.52 bits per heavy atom. The number of nitrogens with one attached hydrogen (secondary N) is 2. The molecule has 0 saturated carbocycles. The molecule has 0 bridgehead atoms. The first-order chi connectivity index (χ1) is 12.3. The normalized spacial score (nSPS) is 10.5. The molecule has 0 aliphatic carbocycles. The van der Waals surface area contributed by atoms with E-state index in [0.717, 1.165) is 35.7 Å². The minimum atomic E-state index is 0.477. The average molecular weight is 339 g/mol. The molecule has 4 heteroatoms. The Morgan fingerprint density at radius 2 is 1.80 bits per heavy atom. The quantitative estimate of drug-likeness (QED) is 0.432. The number of rotatable bonds is 11. The van der Waals surface area contributed by atoms with Crippen molar-refractivity contribution in [3.63, 3.8) is 0 Å². The van der Waals surface area contributed by atoms with Crippen LogP contribution in [0.4, 0.5) is 5.82 Å². The van der Waals surface area contributed by atoms with Crippen molar-refractivity contribution in [3.05, 3.63) is 53.7 Å². The van der Waals surface area contributed by atoms with E-state index in [9.17, 15) is 0 Å². The van der Waals surface area contributed by atoms with Crippen molar-refractivity contribution in [2.75, 3.05) is 18.5 Å². The zero-order valence-electron chi connectivity index (χ0n) is 15.3. The van der Waals surface area contributed by atoms with Gasteiger partial charge in [-0.05, 0) is 49.7 Å². The molecule has 0 aliphatic heterocycles. The highest BCUT2D eigenvalue weighted by Crippen LogP contribution is 2.19. The van der Waals surface area contributed by atoms with Gasteiger partial charge in [0, 0.05) is 23.9 Å². The summed E-state index contributed by atoms with van der Waals surface area (Å²) in [6.45, 7) is 5.73. The molecule has 0 unspecified atom stereocenters. The molecule has 0 amide bonds. The van der Waals surface area contributed by atoms with Crippen molar-refractivity contribution in [2.24, 2.45) is 0 Å². The van der Waals surface area contributed by atoms with Gasteiger partial charge in [-0.1, -0.05) is 32.6 Å². The van der Waals surface area contributed by atoms with E-state index < -0.39 is 0 Å². The van der Waals surface area contributed by atoms with Crippen molar-refractivity contribution >= 4 is 11.5 Å². The van der Waals surface area contributed by atoms with Gasteiger partial charge in [-0.2, -0.15) is 0 Å². The molecule has 134 valence electrons. The van der Waals surface area contributed by atoms with Crippen molar-refractivity contribution < 1.29 is 4.74 Å². The number of ether oxygens (including phenoxy) is 1. The summed E-state index contributed by atoms with van der Waals surface area (Å²) in [5.41, 5.74) is 2.17. The van der Waals surface area contributed by atoms with Crippen LogP contribution in [0.2, 0.25) is 0 Å². The summed E-state index contributed by atoms with van der Waals surface area (Å²) < 4.78 is 5.47. The van der Waals surface area contributed by atoms with E-state index >= 15 is 0 Å². The number of hydrogen-bond acceptors (Lipinski definition) is 4. The van der Waals surface area contributed by atoms with Crippen LogP contribution in [0.3, 0.4) is 0 Å². The number of nitrogens with zero attached hydrogens (tertiary/aromatic N) is 1. The molecule has 1 aromatic carbocycles. The van der Waals surface area contributed by atoms with Crippen molar-refractivity contribution in [1.82, 2.24) is 4.98 Å². The van der Waals surface area contributed by atoms with Gasteiger partial charge < -0.3 is 10.1 Å². The summed E-state index contributed by atoms with van der Waals surface area (Å²) in [6.07, 6.45) is 7.99. The van der Waals surface area contributed by atoms with E-state index in [4.69, 9.17) is 10.1 Å². The maximum Gasteiger partial charge on any atom is 0.135 e. The lowest BCUT2D eigenvalue weighted by Gasteiger charge is -2.12. The second-order valence-corrected chi connectivity index (χ2v) is 6.07. The lowest BCUT2D eigenvalue weighted by molar-refractivity contribution is 0.340. The number of pyridine rings is 1. The SMILES string of the molecule is CCCCCCCNc1ncccc1C(=N)c1ccc(OCC)cc1. The highest BCUT2D eigenvalue weighted by atomic mass is 16.5. The molecule has 2 N–H and O–H groups in total. The molecule has 0 spiro atoms. The molecule has 4 nitrogen and oxygen atoms in total. The van der Waals surface area contributed by atoms with Crippen LogP contribution >= 0.6 is 0 Å². The van der Waals surface area contributed by atoms with Gasteiger partial charge in [-0.3, -0.25) is 5.41 Å². The molecular weight excluding hydrogens is 310 g/mol. The predicted molar refractivity (Wildman–Crippen MR) is 105 cm³/mol. The third-order valence-electron chi connectivity index (χ3n) is 4.10. The van der Waals surface area contributed by atoms with E-state index in [1.165, 1.54) is 25.7 Å². The Balaban J connectivity index is 1.99. The van der Waals surface area contributed by atoms with Crippen molar-refractivity contribution in [3.8, 4) is 5.75 Å². The number of benzene rings is 1. The number of unbranched alkanes of at least 4 members (excludes halogenated alkanes) is 4. The first-order valence-electron chi connectivity index (χ1n) is 9.27. The third kappa shape index (κ3) is 5.89. The Hall–Kier alpha value is -2.36. The van der Waals surface area contributed by atoms with Crippen LogP contribution < -0.4 is 10.1 Å². The Morgan fingerprint density at radius 1 is 1.04 bits per heavy atom. The van der Waals surface area contributed by atoms with Gasteiger partial charge in [-0.15, -0.1) is 0 Å². The van der Waals surface area contributed by atoms with Crippen molar-refractivity contribution in [1.29, 1.82) is 5.41 Å². The minimum Gasteiger partial charge on any atom is -0.494 e. The monoisotopic (exact) mass is 339 g/mol. The molecule has 0 saturated heterocycles. The van der Waals surface area contributed by atoms with Crippen LogP contribution in [0.15, 0.2) is 42.6 Å². The summed E-state index contributed by atoms with van der Waals surface area (Å²) in [4.78, 5) is 4.43. The summed E-state index contributed by atoms with van der Waals surface area (Å²) in [5, 5.41) is 11.9. The van der Waals surface area contributed by atoms with Crippen LogP contribution in [0.25, 0.3) is 0 Å². The van der Waals surface area contributed by atoms with E-state index in [2.05, 4.69) is 17.2 Å². The fourth-order valence-corrected chi connectivity index (χ4v) is 2.72. The minimum absolute atomic E-state index is 0.477. The fraction of sp³-hybridized carbons (Fsp3) is 0.429. The lowest BCUT2D eigenvalue weighted by Crippen LogP contribution is -2.10. The summed E-state index contributed by atoms with van der Waals surface area (Å²) in [5.74, 6) is 1.62. The van der Waals surface area contributed by atoms with E-state index in [1.54, 1.807) is 6.20 Å². The molecule has 2 aromatic rings. The molecule has 0 atom stereocenters. The van der Waals surface area contributed by atoms with Crippen LogP contribution in [-0.4, -0.2) is 23.8 Å². The average Bonchev–Trinajstić information content (AvgIpc) is 2.65. The van der Waals surface area contributed by atoms with Gasteiger partial charge >= 0.3 is 0 Å². The number of hydrogen-bond donors (Lipinski definition) is 2. The molecule has 25 heavy (non-hydrogen) atoms. The van der Waals surface area contributed by atoms with Crippen LogP contribution in [0.5, 0.6) is 5.75 Å². The van der Waals surface area contributed by atoms with E-state index in [1.807, 2.05) is 43.3 Å². The largest absolute Gasteiger partial charge is 0.494 e. The highest BCUT2D eigenvalue weighted by molar-refractivity contribution is 6.13. The lowest BCUT2D eigenvalue weighted by atomic mass is 10.0. The summed E-state index contributed by atoms with van der Waals surface area (Å²) in [6, 6.07) is 11.5. The molecular formula is C21H29N3O. The maximum atomic E-state index is 8.53. The van der Waals surface area contributed by atoms with Crippen LogP contribution in [-0.2, 0) is 0 Å². The zero-order chi connectivity index (χ0) is 17.9. The molecule has 1 aromatic heterocycles. The molecule has 0 fully saturated rings. The molecule has 2 rings (SSSR count). The van der Waals surface area contributed by atoms with E-state index in [0.29, 0.717) is 12.3 Å². The maximum absolute atomic E-state index is 8.53. The summed E-state index contributed by atoms with van der Waals surface area (Å²) >= 11 is 0. The Labute approximate surface area is 151 Å². The third-order valence-corrected chi connectivity index (χ3v) is 4.10. The Kier molecular flexibility index (Phi) is 7.96.